The maximum atomic E-state index is 5.06. The summed E-state index contributed by atoms with van der Waals surface area (Å²) in [6.45, 7) is 0. The van der Waals surface area contributed by atoms with Crippen LogP contribution in [0.2, 0.25) is 0 Å². The number of nitrogens with zero attached hydrogens (tertiary/aromatic N) is 4. The van der Waals surface area contributed by atoms with E-state index in [1.165, 1.54) is 0 Å². The molecule has 0 radical (unpaired) electrons. The molecule has 0 bridgehead atoms. The Hall–Kier alpha value is -1.19. The van der Waals surface area contributed by atoms with Crippen LogP contribution in [0.5, 0.6) is 0 Å². The lowest BCUT2D eigenvalue weighted by Crippen LogP contribution is -2.16. The number of rotatable bonds is 0. The summed E-state index contributed by atoms with van der Waals surface area (Å²) in [6.07, 6.45) is 1.92. The quantitative estimate of drug-likeness (QED) is 0.483. The smallest absolute Gasteiger partial charge is 0.173 e. The van der Waals surface area contributed by atoms with E-state index in [0.29, 0.717) is 13.5 Å². The van der Waals surface area contributed by atoms with Crippen molar-refractivity contribution in [2.45, 2.75) is 0 Å². The molecule has 13 heavy (non-hydrogen) atoms. The van der Waals surface area contributed by atoms with Gasteiger partial charge in [0.1, 0.15) is 11.3 Å². The van der Waals surface area contributed by atoms with Crippen molar-refractivity contribution in [3.8, 4) is 0 Å². The summed E-state index contributed by atoms with van der Waals surface area (Å²) in [5.74, 6) is 0. The average Bonchev–Trinajstić information content (AvgIpc) is 2.65. The van der Waals surface area contributed by atoms with Crippen molar-refractivity contribution in [1.29, 1.82) is 0 Å². The Morgan fingerprint density at radius 2 is 2.38 bits per heavy atom. The highest BCUT2D eigenvalue weighted by Crippen LogP contribution is 2.12. The largest absolute Gasteiger partial charge is 0.284 e. The molecular formula is C7H3N4PS. The van der Waals surface area contributed by atoms with Gasteiger partial charge in [0.05, 0.1) is 0 Å². The van der Waals surface area contributed by atoms with Gasteiger partial charge in [-0.2, -0.15) is 9.51 Å². The van der Waals surface area contributed by atoms with Crippen LogP contribution in [0, 0.1) is 0 Å². The highest BCUT2D eigenvalue weighted by molar-refractivity contribution is 7.81. The summed E-state index contributed by atoms with van der Waals surface area (Å²) in [5.41, 5.74) is 2.43. The summed E-state index contributed by atoms with van der Waals surface area (Å²) in [4.78, 5) is 4.88. The number of hydrogen-bond acceptors (Lipinski definition) is 3. The van der Waals surface area contributed by atoms with Crippen LogP contribution in [0.1, 0.15) is 5.69 Å². The lowest BCUT2D eigenvalue weighted by molar-refractivity contribution is 1.11. The molecule has 3 rings (SSSR count). The minimum absolute atomic E-state index is 0.551. The van der Waals surface area contributed by atoms with Crippen molar-refractivity contribution in [2.75, 3.05) is 0 Å². The van der Waals surface area contributed by atoms with Gasteiger partial charge >= 0.3 is 0 Å². The molecule has 0 aliphatic carbocycles. The van der Waals surface area contributed by atoms with Gasteiger partial charge in [-0.05, 0) is 12.1 Å². The molecule has 0 saturated carbocycles. The van der Waals surface area contributed by atoms with E-state index >= 15 is 0 Å². The zero-order valence-electron chi connectivity index (χ0n) is 6.38. The third kappa shape index (κ3) is 0.884. The summed E-state index contributed by atoms with van der Waals surface area (Å²) in [5, 5.41) is 0. The summed E-state index contributed by atoms with van der Waals surface area (Å²) >= 11 is 5.06. The first kappa shape index (κ1) is 7.24. The SMILES string of the molecule is S=C1N=PN=c2c1nc1cccn21. The predicted molar refractivity (Wildman–Crippen MR) is 53.0 cm³/mol. The van der Waals surface area contributed by atoms with E-state index in [1.807, 2.05) is 22.7 Å². The lowest BCUT2D eigenvalue weighted by atomic mass is 10.5. The molecular weight excluding hydrogens is 203 g/mol. The van der Waals surface area contributed by atoms with Crippen molar-refractivity contribution in [3.63, 3.8) is 0 Å². The second-order valence-corrected chi connectivity index (χ2v) is 3.58. The normalized spacial score (nSPS) is 15.8. The monoisotopic (exact) mass is 206 g/mol. The van der Waals surface area contributed by atoms with Crippen molar-refractivity contribution >= 4 is 31.4 Å². The van der Waals surface area contributed by atoms with Crippen molar-refractivity contribution in [1.82, 2.24) is 9.38 Å². The number of hydrogen-bond donors (Lipinski definition) is 0. The molecule has 2 aromatic heterocycles. The predicted octanol–water partition coefficient (Wildman–Crippen LogP) is 1.41. The Morgan fingerprint density at radius 3 is 3.31 bits per heavy atom. The van der Waals surface area contributed by atoms with Gasteiger partial charge in [0.15, 0.2) is 19.0 Å². The molecule has 62 valence electrons. The molecule has 1 aliphatic heterocycles. The molecule has 2 aromatic rings. The van der Waals surface area contributed by atoms with Gasteiger partial charge in [-0.25, -0.2) is 4.98 Å². The Bertz CT molecular complexity index is 585. The molecule has 0 unspecified atom stereocenters. The van der Waals surface area contributed by atoms with E-state index in [4.69, 9.17) is 12.2 Å². The van der Waals surface area contributed by atoms with Crippen LogP contribution in [0.15, 0.2) is 27.8 Å². The molecule has 0 N–H and O–H groups in total. The van der Waals surface area contributed by atoms with Crippen molar-refractivity contribution in [2.24, 2.45) is 9.51 Å². The lowest BCUT2D eigenvalue weighted by Gasteiger charge is -1.93. The van der Waals surface area contributed by atoms with E-state index in [0.717, 1.165) is 16.8 Å². The number of imidazole rings is 1. The zero-order chi connectivity index (χ0) is 8.84. The third-order valence-electron chi connectivity index (χ3n) is 1.87. The highest BCUT2D eigenvalue weighted by Gasteiger charge is 2.13. The maximum absolute atomic E-state index is 5.06. The van der Waals surface area contributed by atoms with Crippen LogP contribution in [0.25, 0.3) is 5.65 Å². The minimum atomic E-state index is 0.551. The molecule has 0 atom stereocenters. The Morgan fingerprint density at radius 1 is 1.46 bits per heavy atom. The summed E-state index contributed by atoms with van der Waals surface area (Å²) in [7, 11) is 0.653. The van der Waals surface area contributed by atoms with Gasteiger partial charge < -0.3 is 0 Å². The first-order valence-electron chi connectivity index (χ1n) is 3.66. The first-order valence-corrected chi connectivity index (χ1v) is 4.87. The van der Waals surface area contributed by atoms with Gasteiger partial charge in [-0.1, -0.05) is 12.2 Å². The Labute approximate surface area is 80.2 Å². The molecule has 0 spiro atoms. The Balaban J connectivity index is 2.57. The average molecular weight is 206 g/mol. The van der Waals surface area contributed by atoms with Crippen LogP contribution in [-0.4, -0.2) is 14.4 Å². The number of fused-ring (bicyclic) bond motifs is 3. The molecule has 1 aliphatic rings. The van der Waals surface area contributed by atoms with Gasteiger partial charge in [-0.3, -0.25) is 4.40 Å². The van der Waals surface area contributed by atoms with Crippen LogP contribution < -0.4 is 5.49 Å². The van der Waals surface area contributed by atoms with E-state index in [9.17, 15) is 0 Å². The van der Waals surface area contributed by atoms with Gasteiger partial charge in [-0.15, -0.1) is 0 Å². The fraction of sp³-hybridized carbons (Fsp3) is 0. The minimum Gasteiger partial charge on any atom is -0.284 e. The van der Waals surface area contributed by atoms with E-state index in [-0.39, 0.29) is 0 Å². The fourth-order valence-electron chi connectivity index (χ4n) is 1.31. The van der Waals surface area contributed by atoms with Gasteiger partial charge in [0.25, 0.3) is 0 Å². The Kier molecular flexibility index (Phi) is 1.34. The second kappa shape index (κ2) is 2.40. The number of aromatic nitrogens is 2. The summed E-state index contributed by atoms with van der Waals surface area (Å²) in [6, 6.07) is 3.86. The van der Waals surface area contributed by atoms with E-state index < -0.39 is 0 Å². The summed E-state index contributed by atoms with van der Waals surface area (Å²) < 4.78 is 10.1. The van der Waals surface area contributed by atoms with Crippen molar-refractivity contribution in [3.05, 3.63) is 29.5 Å². The molecule has 6 heteroatoms. The van der Waals surface area contributed by atoms with Gasteiger partial charge in [0.2, 0.25) is 0 Å². The van der Waals surface area contributed by atoms with Crippen LogP contribution in [-0.2, 0) is 0 Å². The van der Waals surface area contributed by atoms with Crippen LogP contribution in [0.4, 0.5) is 0 Å². The standard InChI is InChI=1S/C7H3N4PS/c13-7-5-6(9-12-10-7)11-3-1-2-4(11)8-5/h1-3H. The molecule has 4 nitrogen and oxygen atoms in total. The van der Waals surface area contributed by atoms with Crippen LogP contribution in [0.3, 0.4) is 0 Å². The maximum Gasteiger partial charge on any atom is 0.173 e. The molecule has 3 heterocycles. The van der Waals surface area contributed by atoms with E-state index in [2.05, 4.69) is 14.5 Å². The van der Waals surface area contributed by atoms with Crippen molar-refractivity contribution < 1.29 is 0 Å². The van der Waals surface area contributed by atoms with E-state index in [1.54, 1.807) is 0 Å². The second-order valence-electron chi connectivity index (χ2n) is 2.62. The third-order valence-corrected chi connectivity index (χ3v) is 2.86. The molecule has 0 fully saturated rings. The molecule has 0 saturated heterocycles. The zero-order valence-corrected chi connectivity index (χ0v) is 8.09. The van der Waals surface area contributed by atoms with Crippen LogP contribution >= 0.6 is 20.7 Å². The molecule has 0 amide bonds. The highest BCUT2D eigenvalue weighted by atomic mass is 32.1. The molecule has 0 aromatic carbocycles. The first-order chi connectivity index (χ1) is 6.36. The fourth-order valence-corrected chi connectivity index (χ4v) is 2.06. The number of thiocarbonyl (C=S) groups is 1. The topological polar surface area (TPSA) is 42.0 Å². The van der Waals surface area contributed by atoms with Gasteiger partial charge in [0, 0.05) is 6.20 Å².